The maximum absolute atomic E-state index is 12.6. The molecular formula is C22H22N2O4. The maximum atomic E-state index is 12.6. The molecule has 0 aliphatic heterocycles. The fourth-order valence-corrected chi connectivity index (χ4v) is 2.61. The van der Waals surface area contributed by atoms with Crippen LogP contribution in [0.2, 0.25) is 0 Å². The zero-order valence-corrected chi connectivity index (χ0v) is 15.6. The van der Waals surface area contributed by atoms with Crippen LogP contribution >= 0.6 is 0 Å². The van der Waals surface area contributed by atoms with E-state index in [2.05, 4.69) is 10.6 Å². The molecule has 6 nitrogen and oxygen atoms in total. The minimum absolute atomic E-state index is 0.269. The van der Waals surface area contributed by atoms with Crippen molar-refractivity contribution in [3.63, 3.8) is 0 Å². The average molecular weight is 378 g/mol. The van der Waals surface area contributed by atoms with Crippen LogP contribution in [0.3, 0.4) is 0 Å². The lowest BCUT2D eigenvalue weighted by Crippen LogP contribution is -2.24. The van der Waals surface area contributed by atoms with E-state index in [1.165, 1.54) is 0 Å². The van der Waals surface area contributed by atoms with Crippen LogP contribution in [0.5, 0.6) is 5.75 Å². The molecule has 144 valence electrons. The number of carbonyl (C=O) groups is 2. The van der Waals surface area contributed by atoms with Gasteiger partial charge in [-0.25, -0.2) is 0 Å². The Morgan fingerprint density at radius 2 is 1.86 bits per heavy atom. The Hall–Kier alpha value is -3.54. The van der Waals surface area contributed by atoms with Crippen molar-refractivity contribution in [2.75, 3.05) is 11.9 Å². The van der Waals surface area contributed by atoms with Crippen LogP contribution in [-0.2, 0) is 6.54 Å². The van der Waals surface area contributed by atoms with E-state index in [0.29, 0.717) is 34.9 Å². The standard InChI is InChI=1S/C22H22N2O4/c1-2-12-27-17-8-5-7-16(14-17)21(25)24-20-11-4-3-10-19(20)22(26)23-15-18-9-6-13-28-18/h3-11,13-14H,2,12,15H2,1H3,(H,23,26)(H,24,25). The predicted molar refractivity (Wildman–Crippen MR) is 107 cm³/mol. The van der Waals surface area contributed by atoms with Gasteiger partial charge in [-0.15, -0.1) is 0 Å². The molecule has 3 aromatic rings. The summed E-state index contributed by atoms with van der Waals surface area (Å²) in [7, 11) is 0. The first-order chi connectivity index (χ1) is 13.7. The van der Waals surface area contributed by atoms with Crippen LogP contribution in [0.15, 0.2) is 71.3 Å². The van der Waals surface area contributed by atoms with Crippen molar-refractivity contribution in [2.24, 2.45) is 0 Å². The molecule has 0 radical (unpaired) electrons. The number of benzene rings is 2. The van der Waals surface area contributed by atoms with E-state index < -0.39 is 0 Å². The highest BCUT2D eigenvalue weighted by atomic mass is 16.5. The van der Waals surface area contributed by atoms with Crippen molar-refractivity contribution < 1.29 is 18.7 Å². The Morgan fingerprint density at radius 3 is 2.64 bits per heavy atom. The molecule has 1 aromatic heterocycles. The van der Waals surface area contributed by atoms with Crippen molar-refractivity contribution in [1.29, 1.82) is 0 Å². The molecule has 6 heteroatoms. The number of amides is 2. The van der Waals surface area contributed by atoms with Crippen LogP contribution in [0.1, 0.15) is 39.8 Å². The number of rotatable bonds is 8. The summed E-state index contributed by atoms with van der Waals surface area (Å²) in [4.78, 5) is 25.2. The molecular weight excluding hydrogens is 356 g/mol. The second kappa shape index (κ2) is 9.41. The molecule has 28 heavy (non-hydrogen) atoms. The third-order valence-corrected chi connectivity index (χ3v) is 3.99. The second-order valence-corrected chi connectivity index (χ2v) is 6.14. The third kappa shape index (κ3) is 5.01. The maximum Gasteiger partial charge on any atom is 0.255 e. The molecule has 0 fully saturated rings. The summed E-state index contributed by atoms with van der Waals surface area (Å²) >= 11 is 0. The molecule has 2 aromatic carbocycles. The fourth-order valence-electron chi connectivity index (χ4n) is 2.61. The Morgan fingerprint density at radius 1 is 1.00 bits per heavy atom. The average Bonchev–Trinajstić information content (AvgIpc) is 3.25. The van der Waals surface area contributed by atoms with E-state index in [1.807, 2.05) is 13.0 Å². The first-order valence-corrected chi connectivity index (χ1v) is 9.11. The van der Waals surface area contributed by atoms with Gasteiger partial charge in [-0.2, -0.15) is 0 Å². The van der Waals surface area contributed by atoms with Crippen LogP contribution < -0.4 is 15.4 Å². The quantitative estimate of drug-likeness (QED) is 0.614. The van der Waals surface area contributed by atoms with Crippen LogP contribution in [-0.4, -0.2) is 18.4 Å². The lowest BCUT2D eigenvalue weighted by atomic mass is 10.1. The number of carbonyl (C=O) groups excluding carboxylic acids is 2. The van der Waals surface area contributed by atoms with Crippen molar-refractivity contribution >= 4 is 17.5 Å². The van der Waals surface area contributed by atoms with Crippen LogP contribution in [0.4, 0.5) is 5.69 Å². The smallest absolute Gasteiger partial charge is 0.255 e. The summed E-state index contributed by atoms with van der Waals surface area (Å²) in [6.07, 6.45) is 2.44. The van der Waals surface area contributed by atoms with Gasteiger partial charge < -0.3 is 19.8 Å². The molecule has 0 saturated heterocycles. The topological polar surface area (TPSA) is 80.6 Å². The SMILES string of the molecule is CCCOc1cccc(C(=O)Nc2ccccc2C(=O)NCc2ccco2)c1. The van der Waals surface area contributed by atoms with E-state index >= 15 is 0 Å². The van der Waals surface area contributed by atoms with Crippen molar-refractivity contribution in [1.82, 2.24) is 5.32 Å². The third-order valence-electron chi connectivity index (χ3n) is 3.99. The minimum Gasteiger partial charge on any atom is -0.494 e. The van der Waals surface area contributed by atoms with Gasteiger partial charge in [-0.05, 0) is 48.9 Å². The fraction of sp³-hybridized carbons (Fsp3) is 0.182. The molecule has 0 unspecified atom stereocenters. The Balaban J connectivity index is 1.70. The summed E-state index contributed by atoms with van der Waals surface area (Å²) in [5, 5.41) is 5.59. The second-order valence-electron chi connectivity index (χ2n) is 6.14. The van der Waals surface area contributed by atoms with Gasteiger partial charge in [0, 0.05) is 5.56 Å². The number of ether oxygens (including phenoxy) is 1. The lowest BCUT2D eigenvalue weighted by Gasteiger charge is -2.12. The lowest BCUT2D eigenvalue weighted by molar-refractivity contribution is 0.0949. The zero-order valence-electron chi connectivity index (χ0n) is 15.6. The number of para-hydroxylation sites is 1. The summed E-state index contributed by atoms with van der Waals surface area (Å²) in [6.45, 7) is 2.87. The van der Waals surface area contributed by atoms with Gasteiger partial charge in [-0.3, -0.25) is 9.59 Å². The van der Waals surface area contributed by atoms with E-state index in [1.54, 1.807) is 60.9 Å². The predicted octanol–water partition coefficient (Wildman–Crippen LogP) is 4.25. The van der Waals surface area contributed by atoms with Crippen molar-refractivity contribution in [2.45, 2.75) is 19.9 Å². The molecule has 0 saturated carbocycles. The highest BCUT2D eigenvalue weighted by Gasteiger charge is 2.14. The number of hydrogen-bond acceptors (Lipinski definition) is 4. The Bertz CT molecular complexity index is 935. The molecule has 0 bridgehead atoms. The van der Waals surface area contributed by atoms with Gasteiger partial charge in [0.1, 0.15) is 11.5 Å². The van der Waals surface area contributed by atoms with Crippen molar-refractivity contribution in [3.05, 3.63) is 83.8 Å². The van der Waals surface area contributed by atoms with Gasteiger partial charge in [-0.1, -0.05) is 25.1 Å². The van der Waals surface area contributed by atoms with Crippen molar-refractivity contribution in [3.8, 4) is 5.75 Å². The largest absolute Gasteiger partial charge is 0.494 e. The minimum atomic E-state index is -0.312. The normalized spacial score (nSPS) is 10.3. The van der Waals surface area contributed by atoms with Crippen LogP contribution in [0.25, 0.3) is 0 Å². The highest BCUT2D eigenvalue weighted by molar-refractivity contribution is 6.09. The zero-order chi connectivity index (χ0) is 19.8. The number of nitrogens with one attached hydrogen (secondary N) is 2. The number of hydrogen-bond donors (Lipinski definition) is 2. The van der Waals surface area contributed by atoms with E-state index in [-0.39, 0.29) is 18.4 Å². The van der Waals surface area contributed by atoms with E-state index in [4.69, 9.17) is 9.15 Å². The summed E-state index contributed by atoms with van der Waals surface area (Å²) in [5.74, 6) is 0.679. The summed E-state index contributed by atoms with van der Waals surface area (Å²) < 4.78 is 10.8. The van der Waals surface area contributed by atoms with Gasteiger partial charge in [0.25, 0.3) is 11.8 Å². The molecule has 2 amide bonds. The highest BCUT2D eigenvalue weighted by Crippen LogP contribution is 2.19. The Kier molecular flexibility index (Phi) is 6.46. The molecule has 0 aliphatic rings. The number of anilines is 1. The van der Waals surface area contributed by atoms with Gasteiger partial charge in [0.2, 0.25) is 0 Å². The van der Waals surface area contributed by atoms with E-state index in [9.17, 15) is 9.59 Å². The first-order valence-electron chi connectivity index (χ1n) is 9.11. The van der Waals surface area contributed by atoms with Gasteiger partial charge >= 0.3 is 0 Å². The molecule has 0 spiro atoms. The molecule has 0 atom stereocenters. The summed E-state index contributed by atoms with van der Waals surface area (Å²) in [6, 6.07) is 17.4. The molecule has 2 N–H and O–H groups in total. The molecule has 3 rings (SSSR count). The molecule has 0 aliphatic carbocycles. The van der Waals surface area contributed by atoms with Gasteiger partial charge in [0.15, 0.2) is 0 Å². The van der Waals surface area contributed by atoms with Gasteiger partial charge in [0.05, 0.1) is 30.7 Å². The first kappa shape index (κ1) is 19.2. The monoisotopic (exact) mass is 378 g/mol. The van der Waals surface area contributed by atoms with Crippen LogP contribution in [0, 0.1) is 0 Å². The Labute approximate surface area is 163 Å². The van der Waals surface area contributed by atoms with E-state index in [0.717, 1.165) is 6.42 Å². The molecule has 1 heterocycles. The summed E-state index contributed by atoms with van der Waals surface area (Å²) in [5.41, 5.74) is 1.27. The number of furan rings is 1.